The van der Waals surface area contributed by atoms with Gasteiger partial charge in [-0.15, -0.1) is 23.1 Å². The van der Waals surface area contributed by atoms with E-state index in [4.69, 9.17) is 16.0 Å². The zero-order valence-corrected chi connectivity index (χ0v) is 24.9. The lowest BCUT2D eigenvalue weighted by molar-refractivity contribution is -0.151. The molecule has 0 spiro atoms. The number of aromatic hydroxyl groups is 2. The van der Waals surface area contributed by atoms with Crippen LogP contribution in [-0.2, 0) is 30.6 Å². The molecule has 238 valence electrons. The number of fused-ring (bicyclic) bond motifs is 1. The summed E-state index contributed by atoms with van der Waals surface area (Å²) >= 11 is 2.19. The molecule has 1 saturated heterocycles. The lowest BCUT2D eigenvalue weighted by atomic mass is 10.0. The van der Waals surface area contributed by atoms with Gasteiger partial charge in [-0.05, 0) is 23.8 Å². The van der Waals surface area contributed by atoms with Gasteiger partial charge in [-0.1, -0.05) is 23.4 Å². The van der Waals surface area contributed by atoms with Crippen molar-refractivity contribution in [2.24, 2.45) is 5.16 Å². The van der Waals surface area contributed by atoms with Crippen LogP contribution in [-0.4, -0.2) is 86.5 Å². The fourth-order valence-corrected chi connectivity index (χ4v) is 6.31. The number of rotatable bonds is 11. The van der Waals surface area contributed by atoms with E-state index in [-0.39, 0.29) is 33.3 Å². The number of amides is 2. The van der Waals surface area contributed by atoms with Gasteiger partial charge in [-0.2, -0.15) is 0 Å². The lowest BCUT2D eigenvalue weighted by Crippen LogP contribution is -2.71. The molecule has 2 aliphatic heterocycles. The summed E-state index contributed by atoms with van der Waals surface area (Å²) in [5, 5.41) is 53.3. The zero-order chi connectivity index (χ0) is 33.1. The maximum Gasteiger partial charge on any atom is 0.352 e. The number of allylic oxidation sites excluding steroid dienone is 2. The number of anilines is 1. The molecule has 0 unspecified atom stereocenters. The first kappa shape index (κ1) is 31.7. The molecule has 1 aromatic carbocycles. The number of thiazole rings is 1. The number of carbonyl (C=O) groups is 4. The molecule has 3 aromatic rings. The van der Waals surface area contributed by atoms with Crippen LogP contribution in [0.15, 0.2) is 70.7 Å². The van der Waals surface area contributed by atoms with E-state index in [2.05, 4.69) is 20.4 Å². The number of nitrogens with zero attached hydrogens (tertiary/aromatic N) is 5. The van der Waals surface area contributed by atoms with Crippen LogP contribution in [0.2, 0.25) is 0 Å². The summed E-state index contributed by atoms with van der Waals surface area (Å²) < 4.78 is 1.68. The minimum atomic E-state index is -1.82. The summed E-state index contributed by atoms with van der Waals surface area (Å²) in [6, 6.07) is 3.52. The van der Waals surface area contributed by atoms with Crippen molar-refractivity contribution < 1.29 is 44.4 Å². The summed E-state index contributed by atoms with van der Waals surface area (Å²) in [5.74, 6) is -5.43. The summed E-state index contributed by atoms with van der Waals surface area (Å²) in [6.45, 7) is 0.340. The minimum absolute atomic E-state index is 0.0577. The molecule has 8 N–H and O–H groups in total. The highest BCUT2D eigenvalue weighted by molar-refractivity contribution is 8.00. The second-order valence-electron chi connectivity index (χ2n) is 9.67. The highest BCUT2D eigenvalue weighted by Crippen LogP contribution is 2.40. The average molecular weight is 669 g/mol. The zero-order valence-electron chi connectivity index (χ0n) is 23.3. The van der Waals surface area contributed by atoms with Crippen molar-refractivity contribution in [1.29, 1.82) is 5.41 Å². The van der Waals surface area contributed by atoms with Crippen molar-refractivity contribution in [3.05, 3.63) is 82.3 Å². The molecular weight excluding hydrogens is 644 g/mol. The smallest absolute Gasteiger partial charge is 0.352 e. The number of oxime groups is 1. The highest BCUT2D eigenvalue weighted by Gasteiger charge is 2.54. The molecule has 2 amide bonds. The molecule has 1 fully saturated rings. The Labute approximate surface area is 266 Å². The monoisotopic (exact) mass is 668 g/mol. The van der Waals surface area contributed by atoms with Crippen LogP contribution >= 0.6 is 23.1 Å². The van der Waals surface area contributed by atoms with Crippen LogP contribution < -0.4 is 16.5 Å². The van der Waals surface area contributed by atoms with E-state index in [1.165, 1.54) is 35.6 Å². The molecule has 0 bridgehead atoms. The standard InChI is InChI=1S/C27H24N8O9S2/c28-17-5-7-34(11-30-17)6-1-2-13-9-45-24-19(23(39)35(24)20(13)25(40)41)32-22(38)18(14-10-46-27(29)31-14)33-44-21(26(42)43)12-3-4-15(36)16(37)8-12/h1-5,7-8,10-11,19,21,24,28,36-37H,6,9H2,(H2,29,31)(H,32,38)(H,40,41)(H,42,43)/b2-1+,28-17?,33-18-/t19-,21+,24-/m1/s1. The number of carbonyl (C=O) groups excluding carboxylic acids is 2. The van der Waals surface area contributed by atoms with Gasteiger partial charge in [0.05, 0.1) is 6.33 Å². The number of benzene rings is 1. The Bertz CT molecular complexity index is 1870. The van der Waals surface area contributed by atoms with Gasteiger partial charge >= 0.3 is 11.9 Å². The highest BCUT2D eigenvalue weighted by atomic mass is 32.2. The Hall–Kier alpha value is -5.69. The summed E-state index contributed by atoms with van der Waals surface area (Å²) in [4.78, 5) is 64.9. The number of thioether (sulfide) groups is 1. The van der Waals surface area contributed by atoms with Gasteiger partial charge in [0.2, 0.25) is 6.10 Å². The minimum Gasteiger partial charge on any atom is -0.504 e. The number of carboxylic acids is 2. The number of aliphatic carboxylic acids is 2. The predicted octanol–water partition coefficient (Wildman–Crippen LogP) is 0.354. The second kappa shape index (κ2) is 13.1. The largest absolute Gasteiger partial charge is 0.504 e. The van der Waals surface area contributed by atoms with Crippen LogP contribution in [0.4, 0.5) is 5.13 Å². The van der Waals surface area contributed by atoms with Crippen LogP contribution in [0.1, 0.15) is 17.4 Å². The summed E-state index contributed by atoms with van der Waals surface area (Å²) in [7, 11) is 0. The first-order valence-electron chi connectivity index (χ1n) is 13.1. The normalized spacial score (nSPS) is 18.6. The number of carboxylic acid groups (broad SMARTS) is 2. The Balaban J connectivity index is 1.35. The molecule has 4 heterocycles. The molecule has 46 heavy (non-hydrogen) atoms. The third-order valence-electron chi connectivity index (χ3n) is 6.65. The van der Waals surface area contributed by atoms with E-state index in [0.29, 0.717) is 12.1 Å². The number of phenolic OH excluding ortho intramolecular Hbond substituents is 2. The number of β-lactam (4-membered cyclic amide) rings is 1. The number of phenols is 2. The maximum atomic E-state index is 13.4. The average Bonchev–Trinajstić information content (AvgIpc) is 3.45. The molecule has 3 atom stereocenters. The first-order valence-corrected chi connectivity index (χ1v) is 15.0. The van der Waals surface area contributed by atoms with Gasteiger partial charge < -0.3 is 40.9 Å². The fourth-order valence-electron chi connectivity index (χ4n) is 4.45. The van der Waals surface area contributed by atoms with E-state index < -0.39 is 58.5 Å². The molecule has 2 aromatic heterocycles. The Morgan fingerprint density at radius 1 is 1.24 bits per heavy atom. The number of nitrogens with one attached hydrogen (secondary N) is 2. The van der Waals surface area contributed by atoms with E-state index in [1.54, 1.807) is 22.9 Å². The Morgan fingerprint density at radius 3 is 2.65 bits per heavy atom. The van der Waals surface area contributed by atoms with Crippen molar-refractivity contribution >= 4 is 57.7 Å². The molecule has 0 saturated carbocycles. The van der Waals surface area contributed by atoms with Gasteiger partial charge in [0.1, 0.15) is 28.3 Å². The van der Waals surface area contributed by atoms with Crippen molar-refractivity contribution in [1.82, 2.24) is 24.8 Å². The van der Waals surface area contributed by atoms with E-state index in [9.17, 15) is 39.6 Å². The molecule has 0 aliphatic carbocycles. The third kappa shape index (κ3) is 6.54. The third-order valence-corrected chi connectivity index (χ3v) is 8.62. The molecular formula is C27H24N8O9S2. The van der Waals surface area contributed by atoms with Crippen molar-refractivity contribution in [2.45, 2.75) is 24.1 Å². The second-order valence-corrected chi connectivity index (χ2v) is 11.7. The van der Waals surface area contributed by atoms with Crippen LogP contribution in [0.5, 0.6) is 11.5 Å². The quantitative estimate of drug-likeness (QED) is 0.0630. The van der Waals surface area contributed by atoms with Crippen LogP contribution in [0.3, 0.4) is 0 Å². The molecule has 17 nitrogen and oxygen atoms in total. The Kier molecular flexibility index (Phi) is 9.05. The lowest BCUT2D eigenvalue weighted by Gasteiger charge is -2.49. The molecule has 2 aliphatic rings. The van der Waals surface area contributed by atoms with Crippen molar-refractivity contribution in [3.63, 3.8) is 0 Å². The van der Waals surface area contributed by atoms with Gasteiger partial charge in [0.15, 0.2) is 22.3 Å². The number of nitrogens with two attached hydrogens (primary N) is 1. The predicted molar refractivity (Wildman–Crippen MR) is 161 cm³/mol. The van der Waals surface area contributed by atoms with E-state index in [1.807, 2.05) is 0 Å². The van der Waals surface area contributed by atoms with Gasteiger partial charge in [0.25, 0.3) is 11.8 Å². The Morgan fingerprint density at radius 2 is 2.02 bits per heavy atom. The fraction of sp³-hybridized carbons (Fsp3) is 0.185. The number of hydrogen-bond donors (Lipinski definition) is 7. The van der Waals surface area contributed by atoms with Crippen LogP contribution in [0.25, 0.3) is 0 Å². The first-order chi connectivity index (χ1) is 21.9. The van der Waals surface area contributed by atoms with Crippen molar-refractivity contribution in [2.75, 3.05) is 11.5 Å². The SMILES string of the molecule is N=c1ccn(C/C=C/C2=C(C(=O)O)N3C(=O)[C@@H](NC(=O)/C(=N\O[C@H](C(=O)O)c4ccc(O)c(O)c4)c4csc(N)n4)[C@H]3SC2)cn1. The topological polar surface area (TPSA) is 267 Å². The number of nitrogen functional groups attached to an aromatic ring is 1. The number of hydrogen-bond acceptors (Lipinski definition) is 14. The maximum absolute atomic E-state index is 13.4. The van der Waals surface area contributed by atoms with Crippen LogP contribution in [0, 0.1) is 5.41 Å². The summed E-state index contributed by atoms with van der Waals surface area (Å²) in [5.41, 5.74) is 5.26. The number of aromatic nitrogens is 3. The summed E-state index contributed by atoms with van der Waals surface area (Å²) in [6.07, 6.45) is 4.57. The van der Waals surface area contributed by atoms with Gasteiger partial charge in [-0.25, -0.2) is 19.6 Å². The van der Waals surface area contributed by atoms with Gasteiger partial charge in [-0.3, -0.25) is 19.9 Å². The molecule has 5 rings (SSSR count). The van der Waals surface area contributed by atoms with Crippen molar-refractivity contribution in [3.8, 4) is 11.5 Å². The molecule has 19 heteroatoms. The molecule has 0 radical (unpaired) electrons. The van der Waals surface area contributed by atoms with E-state index >= 15 is 0 Å². The van der Waals surface area contributed by atoms with Gasteiger partial charge in [0, 0.05) is 29.4 Å². The van der Waals surface area contributed by atoms with E-state index in [0.717, 1.165) is 28.4 Å².